The number of benzene rings is 1. The van der Waals surface area contributed by atoms with E-state index < -0.39 is 10.0 Å². The van der Waals surface area contributed by atoms with Crippen molar-refractivity contribution in [3.05, 3.63) is 39.0 Å². The number of nitrogens with two attached hydrogens (primary N) is 1. The second kappa shape index (κ2) is 6.78. The zero-order valence-corrected chi connectivity index (χ0v) is 14.5. The van der Waals surface area contributed by atoms with Crippen LogP contribution >= 0.6 is 27.3 Å². The van der Waals surface area contributed by atoms with E-state index >= 15 is 0 Å². The minimum atomic E-state index is -3.67. The third kappa shape index (κ3) is 3.97. The third-order valence-corrected chi connectivity index (χ3v) is 5.92. The van der Waals surface area contributed by atoms with E-state index in [9.17, 15) is 8.42 Å². The molecule has 114 valence electrons. The third-order valence-electron chi connectivity index (χ3n) is 2.82. The van der Waals surface area contributed by atoms with Crippen LogP contribution in [0.3, 0.4) is 0 Å². The van der Waals surface area contributed by atoms with Gasteiger partial charge in [-0.2, -0.15) is 0 Å². The normalized spacial score (nSPS) is 11.5. The number of thiophene rings is 1. The van der Waals surface area contributed by atoms with Crippen molar-refractivity contribution in [2.75, 3.05) is 19.4 Å². The van der Waals surface area contributed by atoms with Gasteiger partial charge in [0.15, 0.2) is 0 Å². The molecule has 1 aromatic heterocycles. The van der Waals surface area contributed by atoms with Crippen LogP contribution in [0.5, 0.6) is 5.75 Å². The van der Waals surface area contributed by atoms with Crippen molar-refractivity contribution in [3.8, 4) is 5.75 Å². The van der Waals surface area contributed by atoms with Gasteiger partial charge in [0.05, 0.1) is 7.11 Å². The smallest absolute Gasteiger partial charge is 0.244 e. The molecule has 0 radical (unpaired) electrons. The van der Waals surface area contributed by atoms with Crippen molar-refractivity contribution >= 4 is 43.0 Å². The van der Waals surface area contributed by atoms with Crippen LogP contribution in [0.25, 0.3) is 0 Å². The molecular formula is C13H15BrN2O3S2. The molecule has 0 saturated carbocycles. The molecule has 0 saturated heterocycles. The lowest BCUT2D eigenvalue weighted by Crippen LogP contribution is -2.26. The van der Waals surface area contributed by atoms with Gasteiger partial charge in [0.1, 0.15) is 10.6 Å². The zero-order chi connectivity index (χ0) is 15.5. The van der Waals surface area contributed by atoms with Crippen molar-refractivity contribution in [1.29, 1.82) is 0 Å². The van der Waals surface area contributed by atoms with Gasteiger partial charge in [-0.3, -0.25) is 0 Å². The van der Waals surface area contributed by atoms with Crippen LogP contribution in [0.4, 0.5) is 5.69 Å². The van der Waals surface area contributed by atoms with Gasteiger partial charge in [0, 0.05) is 21.6 Å². The molecule has 2 aromatic rings. The molecule has 0 aliphatic carbocycles. The van der Waals surface area contributed by atoms with Gasteiger partial charge in [0.2, 0.25) is 10.0 Å². The number of rotatable bonds is 6. The number of anilines is 1. The van der Waals surface area contributed by atoms with Gasteiger partial charge in [0.25, 0.3) is 0 Å². The van der Waals surface area contributed by atoms with Crippen molar-refractivity contribution < 1.29 is 13.2 Å². The van der Waals surface area contributed by atoms with Gasteiger partial charge in [-0.25, -0.2) is 13.1 Å². The lowest BCUT2D eigenvalue weighted by atomic mass is 10.3. The summed E-state index contributed by atoms with van der Waals surface area (Å²) in [5.41, 5.74) is 6.10. The molecule has 5 nitrogen and oxygen atoms in total. The Morgan fingerprint density at radius 1 is 1.43 bits per heavy atom. The Morgan fingerprint density at radius 3 is 2.81 bits per heavy atom. The van der Waals surface area contributed by atoms with E-state index in [2.05, 4.69) is 20.7 Å². The molecular weight excluding hydrogens is 376 g/mol. The summed E-state index contributed by atoms with van der Waals surface area (Å²) in [7, 11) is -2.25. The Bertz CT molecular complexity index is 715. The van der Waals surface area contributed by atoms with Crippen LogP contribution in [-0.2, 0) is 16.4 Å². The molecule has 0 unspecified atom stereocenters. The Morgan fingerprint density at radius 2 is 2.19 bits per heavy atom. The molecule has 0 bridgehead atoms. The highest BCUT2D eigenvalue weighted by molar-refractivity contribution is 9.10. The van der Waals surface area contributed by atoms with Gasteiger partial charge >= 0.3 is 0 Å². The molecule has 3 N–H and O–H groups in total. The summed E-state index contributed by atoms with van der Waals surface area (Å²) in [6, 6.07) is 6.84. The summed E-state index contributed by atoms with van der Waals surface area (Å²) < 4.78 is 33.0. The second-order valence-electron chi connectivity index (χ2n) is 4.25. The number of hydrogen-bond donors (Lipinski definition) is 2. The molecule has 21 heavy (non-hydrogen) atoms. The molecule has 1 aromatic carbocycles. The van der Waals surface area contributed by atoms with Crippen LogP contribution in [0, 0.1) is 0 Å². The minimum Gasteiger partial charge on any atom is -0.495 e. The standard InChI is InChI=1S/C13H15BrN2O3S2/c1-19-12-7-10(14)11(15)8-13(12)21(17,18)16-5-4-9-3-2-6-20-9/h2-3,6-8,16H,4-5,15H2,1H3. The Balaban J connectivity index is 2.17. The number of methoxy groups -OCH3 is 1. The van der Waals surface area contributed by atoms with Crippen LogP contribution in [0.1, 0.15) is 4.88 Å². The number of sulfonamides is 1. The number of nitrogens with one attached hydrogen (secondary N) is 1. The number of halogens is 1. The van der Waals surface area contributed by atoms with Gasteiger partial charge in [-0.05, 0) is 45.9 Å². The molecule has 0 aliphatic heterocycles. The fourth-order valence-corrected chi connectivity index (χ4v) is 4.01. The van der Waals surface area contributed by atoms with E-state index in [4.69, 9.17) is 10.5 Å². The second-order valence-corrected chi connectivity index (χ2v) is 7.87. The van der Waals surface area contributed by atoms with Gasteiger partial charge in [-0.1, -0.05) is 6.07 Å². The fraction of sp³-hybridized carbons (Fsp3) is 0.231. The summed E-state index contributed by atoms with van der Waals surface area (Å²) in [4.78, 5) is 1.16. The van der Waals surface area contributed by atoms with Gasteiger partial charge in [-0.15, -0.1) is 11.3 Å². The molecule has 0 aliphatic rings. The number of hydrogen-bond acceptors (Lipinski definition) is 5. The number of ether oxygens (including phenoxy) is 1. The molecule has 2 rings (SSSR count). The first-order valence-electron chi connectivity index (χ1n) is 6.09. The minimum absolute atomic E-state index is 0.0388. The summed E-state index contributed by atoms with van der Waals surface area (Å²) in [6.07, 6.45) is 0.644. The lowest BCUT2D eigenvalue weighted by Gasteiger charge is -2.12. The molecule has 1 heterocycles. The van der Waals surface area contributed by atoms with Crippen LogP contribution in [0.15, 0.2) is 39.0 Å². The Kier molecular flexibility index (Phi) is 5.26. The first-order chi connectivity index (χ1) is 9.94. The summed E-state index contributed by atoms with van der Waals surface area (Å²) >= 11 is 4.84. The van der Waals surface area contributed by atoms with Crippen molar-refractivity contribution in [1.82, 2.24) is 4.72 Å². The average molecular weight is 391 g/mol. The van der Waals surface area contributed by atoms with Crippen molar-refractivity contribution in [3.63, 3.8) is 0 Å². The summed E-state index contributed by atoms with van der Waals surface area (Å²) in [6.45, 7) is 0.321. The zero-order valence-electron chi connectivity index (χ0n) is 11.3. The monoisotopic (exact) mass is 390 g/mol. The Hall–Kier alpha value is -1.09. The maximum atomic E-state index is 12.3. The van der Waals surface area contributed by atoms with Crippen molar-refractivity contribution in [2.45, 2.75) is 11.3 Å². The first kappa shape index (κ1) is 16.3. The molecule has 0 spiro atoms. The molecule has 0 atom stereocenters. The predicted molar refractivity (Wildman–Crippen MR) is 88.3 cm³/mol. The lowest BCUT2D eigenvalue weighted by molar-refractivity contribution is 0.402. The van der Waals surface area contributed by atoms with Crippen LogP contribution < -0.4 is 15.2 Å². The quantitative estimate of drug-likeness (QED) is 0.742. The highest BCUT2D eigenvalue weighted by Crippen LogP contribution is 2.32. The van der Waals surface area contributed by atoms with E-state index in [0.29, 0.717) is 23.1 Å². The number of nitrogen functional groups attached to an aromatic ring is 1. The molecule has 0 amide bonds. The van der Waals surface area contributed by atoms with Crippen LogP contribution in [-0.4, -0.2) is 22.1 Å². The summed E-state index contributed by atoms with van der Waals surface area (Å²) in [5, 5.41) is 1.96. The average Bonchev–Trinajstić information content (AvgIpc) is 2.94. The van der Waals surface area contributed by atoms with E-state index in [-0.39, 0.29) is 10.6 Å². The van der Waals surface area contributed by atoms with Crippen LogP contribution in [0.2, 0.25) is 0 Å². The summed E-state index contributed by atoms with van der Waals surface area (Å²) in [5.74, 6) is 0.250. The van der Waals surface area contributed by atoms with E-state index in [1.807, 2.05) is 17.5 Å². The molecule has 0 fully saturated rings. The molecule has 8 heteroatoms. The maximum absolute atomic E-state index is 12.3. The highest BCUT2D eigenvalue weighted by atomic mass is 79.9. The van der Waals surface area contributed by atoms with Gasteiger partial charge < -0.3 is 10.5 Å². The maximum Gasteiger partial charge on any atom is 0.244 e. The predicted octanol–water partition coefficient (Wildman–Crippen LogP) is 2.62. The fourth-order valence-electron chi connectivity index (χ4n) is 1.76. The van der Waals surface area contributed by atoms with Crippen molar-refractivity contribution in [2.24, 2.45) is 0 Å². The highest BCUT2D eigenvalue weighted by Gasteiger charge is 2.20. The van der Waals surface area contributed by atoms with E-state index in [1.54, 1.807) is 17.4 Å². The van der Waals surface area contributed by atoms with E-state index in [0.717, 1.165) is 4.88 Å². The topological polar surface area (TPSA) is 81.4 Å². The largest absolute Gasteiger partial charge is 0.495 e. The van der Waals surface area contributed by atoms with E-state index in [1.165, 1.54) is 13.2 Å². The SMILES string of the molecule is COc1cc(Br)c(N)cc1S(=O)(=O)NCCc1cccs1. The first-order valence-corrected chi connectivity index (χ1v) is 9.24. The Labute approximate surface area is 136 Å².